The fraction of sp³-hybridized carbons (Fsp3) is 0.385. The maximum Gasteiger partial charge on any atom is 0.228 e. The van der Waals surface area contributed by atoms with Gasteiger partial charge in [-0.2, -0.15) is 0 Å². The number of carbonyl (C=O) groups excluding carboxylic acids is 2. The number of hydrogen-bond acceptors (Lipinski definition) is 5. The van der Waals surface area contributed by atoms with Crippen molar-refractivity contribution in [1.29, 1.82) is 0 Å². The molecule has 5 nitrogen and oxygen atoms in total. The zero-order chi connectivity index (χ0) is 14.0. The van der Waals surface area contributed by atoms with Crippen LogP contribution in [0.15, 0.2) is 18.2 Å². The molecule has 0 spiro atoms. The highest BCUT2D eigenvalue weighted by molar-refractivity contribution is 8.14. The summed E-state index contributed by atoms with van der Waals surface area (Å²) < 4.78 is 5.09. The molecule has 0 radical (unpaired) electrons. The van der Waals surface area contributed by atoms with Crippen molar-refractivity contribution in [2.24, 2.45) is 0 Å². The lowest BCUT2D eigenvalue weighted by Crippen LogP contribution is -2.25. The summed E-state index contributed by atoms with van der Waals surface area (Å²) in [5, 5.41) is 9.79. The van der Waals surface area contributed by atoms with Crippen molar-refractivity contribution >= 4 is 28.5 Å². The number of rotatable bonds is 3. The predicted molar refractivity (Wildman–Crippen MR) is 73.7 cm³/mol. The Morgan fingerprint density at radius 1 is 1.53 bits per heavy atom. The maximum atomic E-state index is 12.0. The van der Waals surface area contributed by atoms with Gasteiger partial charge in [-0.1, -0.05) is 11.8 Å². The van der Waals surface area contributed by atoms with E-state index in [0.29, 0.717) is 24.4 Å². The number of phenolic OH excluding ortho intramolecular Hbond substituents is 1. The first-order chi connectivity index (χ1) is 9.01. The number of phenols is 1. The first-order valence-electron chi connectivity index (χ1n) is 5.86. The Morgan fingerprint density at radius 2 is 2.26 bits per heavy atom. The van der Waals surface area contributed by atoms with Crippen LogP contribution in [0, 0.1) is 0 Å². The van der Waals surface area contributed by atoms with Crippen molar-refractivity contribution in [1.82, 2.24) is 0 Å². The van der Waals surface area contributed by atoms with Crippen LogP contribution >= 0.6 is 11.8 Å². The molecule has 0 aromatic heterocycles. The molecule has 0 aliphatic carbocycles. The molecule has 1 aliphatic rings. The Morgan fingerprint density at radius 3 is 2.89 bits per heavy atom. The second-order valence-electron chi connectivity index (χ2n) is 4.29. The Bertz CT molecular complexity index is 517. The highest BCUT2D eigenvalue weighted by atomic mass is 32.2. The van der Waals surface area contributed by atoms with E-state index in [0.717, 1.165) is 0 Å². The van der Waals surface area contributed by atoms with E-state index in [-0.39, 0.29) is 22.0 Å². The van der Waals surface area contributed by atoms with Gasteiger partial charge in [0.2, 0.25) is 5.91 Å². The average Bonchev–Trinajstić information content (AvgIpc) is 2.70. The molecule has 1 amide bonds. The second-order valence-corrected chi connectivity index (χ2v) is 5.77. The number of ether oxygens (including phenoxy) is 1. The molecule has 2 rings (SSSR count). The van der Waals surface area contributed by atoms with Gasteiger partial charge in [-0.3, -0.25) is 9.59 Å². The molecule has 0 saturated carbocycles. The average molecular weight is 281 g/mol. The number of anilines is 1. The molecule has 1 N–H and O–H groups in total. The molecule has 1 atom stereocenters. The molecule has 19 heavy (non-hydrogen) atoms. The van der Waals surface area contributed by atoms with E-state index in [1.165, 1.54) is 36.8 Å². The third kappa shape index (κ3) is 3.01. The van der Waals surface area contributed by atoms with Crippen LogP contribution in [0.1, 0.15) is 13.3 Å². The number of aromatic hydroxyl groups is 1. The van der Waals surface area contributed by atoms with Crippen LogP contribution in [0.2, 0.25) is 0 Å². The molecule has 102 valence electrons. The molecule has 1 unspecified atom stereocenters. The number of carbonyl (C=O) groups is 2. The molecule has 1 heterocycles. The first-order valence-corrected chi connectivity index (χ1v) is 6.74. The lowest BCUT2D eigenvalue weighted by atomic mass is 10.2. The second kappa shape index (κ2) is 5.52. The van der Waals surface area contributed by atoms with Crippen LogP contribution in [0.5, 0.6) is 11.5 Å². The van der Waals surface area contributed by atoms with Gasteiger partial charge in [0.05, 0.1) is 12.8 Å². The number of methoxy groups -OCH3 is 1. The Hall–Kier alpha value is -1.69. The van der Waals surface area contributed by atoms with Crippen LogP contribution in [0.3, 0.4) is 0 Å². The molecule has 0 bridgehead atoms. The van der Waals surface area contributed by atoms with Gasteiger partial charge < -0.3 is 14.7 Å². The number of hydrogen-bond donors (Lipinski definition) is 1. The fourth-order valence-electron chi connectivity index (χ4n) is 2.07. The van der Waals surface area contributed by atoms with Crippen molar-refractivity contribution < 1.29 is 19.4 Å². The van der Waals surface area contributed by atoms with Gasteiger partial charge in [0.1, 0.15) is 11.5 Å². The van der Waals surface area contributed by atoms with Crippen molar-refractivity contribution in [2.45, 2.75) is 18.6 Å². The summed E-state index contributed by atoms with van der Waals surface area (Å²) in [6.45, 7) is 1.91. The number of thioether (sulfide) groups is 1. The molecule has 1 fully saturated rings. The van der Waals surface area contributed by atoms with E-state index < -0.39 is 0 Å². The quantitative estimate of drug-likeness (QED) is 0.915. The molecule has 1 aromatic carbocycles. The number of nitrogens with zero attached hydrogens (tertiary/aromatic N) is 1. The Labute approximate surface area is 115 Å². The van der Waals surface area contributed by atoms with Crippen LogP contribution in [-0.2, 0) is 9.59 Å². The van der Waals surface area contributed by atoms with Crippen LogP contribution in [0.25, 0.3) is 0 Å². The van der Waals surface area contributed by atoms with Crippen LogP contribution < -0.4 is 9.64 Å². The summed E-state index contributed by atoms with van der Waals surface area (Å²) in [6.07, 6.45) is 0.306. The van der Waals surface area contributed by atoms with E-state index in [1.807, 2.05) is 0 Å². The van der Waals surface area contributed by atoms with Crippen LogP contribution in [0.4, 0.5) is 5.69 Å². The van der Waals surface area contributed by atoms with Crippen molar-refractivity contribution in [3.8, 4) is 11.5 Å². The monoisotopic (exact) mass is 281 g/mol. The molecule has 1 aliphatic heterocycles. The molecular formula is C13H15NO4S. The normalized spacial score (nSPS) is 18.7. The highest BCUT2D eigenvalue weighted by Gasteiger charge is 2.33. The predicted octanol–water partition coefficient (Wildman–Crippen LogP) is 1.79. The topological polar surface area (TPSA) is 66.8 Å². The summed E-state index contributed by atoms with van der Waals surface area (Å²) >= 11 is 1.17. The zero-order valence-electron chi connectivity index (χ0n) is 10.8. The first kappa shape index (κ1) is 13.7. The van der Waals surface area contributed by atoms with Crippen molar-refractivity contribution in [3.05, 3.63) is 18.2 Å². The lowest BCUT2D eigenvalue weighted by Gasteiger charge is -2.18. The third-order valence-electron chi connectivity index (χ3n) is 2.90. The van der Waals surface area contributed by atoms with Gasteiger partial charge in [0.15, 0.2) is 5.12 Å². The zero-order valence-corrected chi connectivity index (χ0v) is 11.6. The van der Waals surface area contributed by atoms with Crippen molar-refractivity contribution in [2.75, 3.05) is 18.6 Å². The Kier molecular flexibility index (Phi) is 3.99. The van der Waals surface area contributed by atoms with Gasteiger partial charge >= 0.3 is 0 Å². The minimum absolute atomic E-state index is 0.00508. The van der Waals surface area contributed by atoms with E-state index in [2.05, 4.69) is 0 Å². The van der Waals surface area contributed by atoms with E-state index in [9.17, 15) is 14.7 Å². The summed E-state index contributed by atoms with van der Waals surface area (Å²) in [5.41, 5.74) is 0.427. The van der Waals surface area contributed by atoms with Gasteiger partial charge in [-0.25, -0.2) is 0 Å². The minimum atomic E-state index is -0.0951. The molecule has 6 heteroatoms. The highest BCUT2D eigenvalue weighted by Crippen LogP contribution is 2.36. The van der Waals surface area contributed by atoms with E-state index in [1.54, 1.807) is 12.1 Å². The molecular weight excluding hydrogens is 266 g/mol. The van der Waals surface area contributed by atoms with Crippen molar-refractivity contribution in [3.63, 3.8) is 0 Å². The van der Waals surface area contributed by atoms with E-state index >= 15 is 0 Å². The van der Waals surface area contributed by atoms with Gasteiger partial charge in [-0.15, -0.1) is 0 Å². The minimum Gasteiger partial charge on any atom is -0.506 e. The molecule has 1 saturated heterocycles. The summed E-state index contributed by atoms with van der Waals surface area (Å²) in [6, 6.07) is 4.74. The third-order valence-corrected chi connectivity index (χ3v) is 3.88. The van der Waals surface area contributed by atoms with Gasteiger partial charge in [0.25, 0.3) is 0 Å². The van der Waals surface area contributed by atoms with Gasteiger partial charge in [0, 0.05) is 31.2 Å². The number of amides is 1. The summed E-state index contributed by atoms with van der Waals surface area (Å²) in [4.78, 5) is 24.5. The molecule has 1 aromatic rings. The smallest absolute Gasteiger partial charge is 0.228 e. The van der Waals surface area contributed by atoms with E-state index in [4.69, 9.17) is 4.74 Å². The lowest BCUT2D eigenvalue weighted by molar-refractivity contribution is -0.117. The number of benzene rings is 1. The summed E-state index contributed by atoms with van der Waals surface area (Å²) in [7, 11) is 1.52. The SMILES string of the molecule is COc1ccc(O)c(N2CC(SC(C)=O)CC2=O)c1. The van der Waals surface area contributed by atoms with Crippen LogP contribution in [-0.4, -0.2) is 35.0 Å². The largest absolute Gasteiger partial charge is 0.506 e. The standard InChI is InChI=1S/C13H15NO4S/c1-8(15)19-10-6-13(17)14(7-10)11-5-9(18-2)3-4-12(11)16/h3-5,10,16H,6-7H2,1-2H3. The fourth-order valence-corrected chi connectivity index (χ4v) is 2.99. The summed E-state index contributed by atoms with van der Waals surface area (Å²) in [5.74, 6) is 0.508. The Balaban J connectivity index is 2.22. The maximum absolute atomic E-state index is 12.0. The van der Waals surface area contributed by atoms with Gasteiger partial charge in [-0.05, 0) is 12.1 Å².